The second-order valence-corrected chi connectivity index (χ2v) is 2.62. The molecule has 0 heterocycles. The summed E-state index contributed by atoms with van der Waals surface area (Å²) in [5.41, 5.74) is 7.78. The normalized spacial score (nSPS) is 9.83. The summed E-state index contributed by atoms with van der Waals surface area (Å²) < 4.78 is 0. The summed E-state index contributed by atoms with van der Waals surface area (Å²) in [6, 6.07) is 8.16. The van der Waals surface area contributed by atoms with E-state index in [2.05, 4.69) is 24.4 Å². The van der Waals surface area contributed by atoms with E-state index < -0.39 is 0 Å². The molecule has 0 fully saturated rings. The molecule has 0 saturated carbocycles. The minimum Gasteiger partial charge on any atom is -0.384 e. The van der Waals surface area contributed by atoms with Crippen LogP contribution in [0.4, 0.5) is 5.69 Å². The molecule has 65 valence electrons. The zero-order chi connectivity index (χ0) is 8.81. The van der Waals surface area contributed by atoms with Crippen LogP contribution in [0.15, 0.2) is 24.3 Å². The molecule has 0 saturated heterocycles. The fourth-order valence-electron chi connectivity index (χ4n) is 1.12. The number of rotatable bonds is 4. The Morgan fingerprint density at radius 1 is 1.33 bits per heavy atom. The maximum atomic E-state index is 5.39. The zero-order valence-electron chi connectivity index (χ0n) is 7.22. The van der Waals surface area contributed by atoms with Crippen LogP contribution in [-0.2, 0) is 6.42 Å². The van der Waals surface area contributed by atoms with Crippen LogP contribution < -0.4 is 11.1 Å². The minimum atomic E-state index is 0.658. The van der Waals surface area contributed by atoms with Crippen molar-refractivity contribution in [3.05, 3.63) is 36.8 Å². The van der Waals surface area contributed by atoms with E-state index in [1.165, 1.54) is 5.56 Å². The van der Waals surface area contributed by atoms with Crippen molar-refractivity contribution in [1.82, 2.24) is 0 Å². The van der Waals surface area contributed by atoms with Gasteiger partial charge in [-0.2, -0.15) is 0 Å². The van der Waals surface area contributed by atoms with Crippen LogP contribution in [0.1, 0.15) is 5.56 Å². The number of para-hydroxylation sites is 1. The highest BCUT2D eigenvalue weighted by atomic mass is 14.9. The third kappa shape index (κ3) is 2.24. The molecule has 3 N–H and O–H groups in total. The van der Waals surface area contributed by atoms with E-state index in [9.17, 15) is 0 Å². The van der Waals surface area contributed by atoms with Gasteiger partial charge in [0, 0.05) is 18.8 Å². The van der Waals surface area contributed by atoms with Gasteiger partial charge in [-0.1, -0.05) is 18.2 Å². The third-order valence-corrected chi connectivity index (χ3v) is 1.75. The fraction of sp³-hybridized carbons (Fsp3) is 0.300. The molecule has 1 aromatic carbocycles. The summed E-state index contributed by atoms with van der Waals surface area (Å²) in [4.78, 5) is 0. The molecule has 0 aliphatic heterocycles. The van der Waals surface area contributed by atoms with Gasteiger partial charge in [0.1, 0.15) is 0 Å². The van der Waals surface area contributed by atoms with E-state index in [4.69, 9.17) is 5.73 Å². The Hall–Kier alpha value is -1.02. The number of nitrogens with one attached hydrogen (secondary N) is 1. The molecule has 0 atom stereocenters. The van der Waals surface area contributed by atoms with Crippen LogP contribution >= 0.6 is 0 Å². The predicted molar refractivity (Wildman–Crippen MR) is 53.0 cm³/mol. The van der Waals surface area contributed by atoms with Crippen LogP contribution in [0.3, 0.4) is 0 Å². The Labute approximate surface area is 73.8 Å². The fourth-order valence-corrected chi connectivity index (χ4v) is 1.12. The first kappa shape index (κ1) is 9.07. The van der Waals surface area contributed by atoms with Crippen LogP contribution in [0, 0.1) is 6.92 Å². The smallest absolute Gasteiger partial charge is 0.0373 e. The lowest BCUT2D eigenvalue weighted by Gasteiger charge is -2.08. The molecule has 0 aliphatic rings. The molecule has 1 radical (unpaired) electrons. The van der Waals surface area contributed by atoms with Gasteiger partial charge in [0.15, 0.2) is 0 Å². The number of benzene rings is 1. The summed E-state index contributed by atoms with van der Waals surface area (Å²) in [5, 5.41) is 3.25. The monoisotopic (exact) mass is 163 g/mol. The van der Waals surface area contributed by atoms with Gasteiger partial charge >= 0.3 is 0 Å². The Kier molecular flexibility index (Phi) is 3.61. The standard InChI is InChI=1S/C10H15N2/c1-2-9-5-3-4-6-10(9)12-8-7-11/h3-6,12H,1-2,7-8,11H2. The van der Waals surface area contributed by atoms with Gasteiger partial charge in [-0.05, 0) is 25.0 Å². The maximum absolute atomic E-state index is 5.39. The lowest BCUT2D eigenvalue weighted by Crippen LogP contribution is -2.13. The number of nitrogens with two attached hydrogens (primary N) is 1. The lowest BCUT2D eigenvalue weighted by atomic mass is 10.1. The molecule has 0 aliphatic carbocycles. The second kappa shape index (κ2) is 4.78. The van der Waals surface area contributed by atoms with Crippen molar-refractivity contribution in [2.75, 3.05) is 18.4 Å². The topological polar surface area (TPSA) is 38.0 Å². The highest BCUT2D eigenvalue weighted by molar-refractivity contribution is 5.51. The van der Waals surface area contributed by atoms with E-state index >= 15 is 0 Å². The van der Waals surface area contributed by atoms with Crippen molar-refractivity contribution < 1.29 is 0 Å². The van der Waals surface area contributed by atoms with Crippen molar-refractivity contribution in [3.63, 3.8) is 0 Å². The highest BCUT2D eigenvalue weighted by Gasteiger charge is 1.96. The first-order chi connectivity index (χ1) is 5.88. The lowest BCUT2D eigenvalue weighted by molar-refractivity contribution is 1.02. The molecule has 2 nitrogen and oxygen atoms in total. The van der Waals surface area contributed by atoms with Crippen molar-refractivity contribution in [2.45, 2.75) is 6.42 Å². The van der Waals surface area contributed by atoms with E-state index in [0.717, 1.165) is 18.7 Å². The average molecular weight is 163 g/mol. The van der Waals surface area contributed by atoms with Crippen molar-refractivity contribution >= 4 is 5.69 Å². The molecule has 0 amide bonds. The predicted octanol–water partition coefficient (Wildman–Crippen LogP) is 1.43. The van der Waals surface area contributed by atoms with Crippen LogP contribution in [-0.4, -0.2) is 13.1 Å². The van der Waals surface area contributed by atoms with Gasteiger partial charge < -0.3 is 11.1 Å². The summed E-state index contributed by atoms with van der Waals surface area (Å²) in [6.45, 7) is 5.33. The third-order valence-electron chi connectivity index (χ3n) is 1.75. The molecule has 1 aromatic rings. The van der Waals surface area contributed by atoms with Crippen LogP contribution in [0.5, 0.6) is 0 Å². The van der Waals surface area contributed by atoms with Crippen molar-refractivity contribution in [1.29, 1.82) is 0 Å². The number of anilines is 1. The highest BCUT2D eigenvalue weighted by Crippen LogP contribution is 2.14. The molecule has 2 heteroatoms. The zero-order valence-corrected chi connectivity index (χ0v) is 7.22. The van der Waals surface area contributed by atoms with E-state index in [1.54, 1.807) is 0 Å². The first-order valence-electron chi connectivity index (χ1n) is 4.19. The molecule has 0 unspecified atom stereocenters. The Morgan fingerprint density at radius 2 is 2.08 bits per heavy atom. The van der Waals surface area contributed by atoms with Gasteiger partial charge in [-0.25, -0.2) is 0 Å². The molecule has 0 spiro atoms. The van der Waals surface area contributed by atoms with Gasteiger partial charge in [0.05, 0.1) is 0 Å². The summed E-state index contributed by atoms with van der Waals surface area (Å²) in [7, 11) is 0. The first-order valence-corrected chi connectivity index (χ1v) is 4.19. The van der Waals surface area contributed by atoms with Gasteiger partial charge in [0.2, 0.25) is 0 Å². The number of hydrogen-bond acceptors (Lipinski definition) is 2. The van der Waals surface area contributed by atoms with Gasteiger partial charge in [0.25, 0.3) is 0 Å². The Balaban J connectivity index is 2.68. The summed E-state index contributed by atoms with van der Waals surface area (Å²) in [6.07, 6.45) is 0.813. The second-order valence-electron chi connectivity index (χ2n) is 2.62. The maximum Gasteiger partial charge on any atom is 0.0373 e. The summed E-state index contributed by atoms with van der Waals surface area (Å²) in [5.74, 6) is 0. The van der Waals surface area contributed by atoms with Crippen LogP contribution in [0.2, 0.25) is 0 Å². The largest absolute Gasteiger partial charge is 0.384 e. The van der Waals surface area contributed by atoms with Crippen molar-refractivity contribution in [3.8, 4) is 0 Å². The van der Waals surface area contributed by atoms with E-state index in [1.807, 2.05) is 12.1 Å². The molecule has 0 bridgehead atoms. The molecule has 0 aromatic heterocycles. The molecule has 12 heavy (non-hydrogen) atoms. The van der Waals surface area contributed by atoms with Gasteiger partial charge in [-0.15, -0.1) is 0 Å². The molecular formula is C10H15N2. The Morgan fingerprint density at radius 3 is 2.75 bits per heavy atom. The van der Waals surface area contributed by atoms with Gasteiger partial charge in [-0.3, -0.25) is 0 Å². The van der Waals surface area contributed by atoms with Crippen LogP contribution in [0.25, 0.3) is 0 Å². The average Bonchev–Trinajstić information content (AvgIpc) is 2.15. The quantitative estimate of drug-likeness (QED) is 0.704. The number of hydrogen-bond donors (Lipinski definition) is 2. The minimum absolute atomic E-state index is 0.658. The Bertz CT molecular complexity index is 233. The summed E-state index contributed by atoms with van der Waals surface area (Å²) >= 11 is 0. The van der Waals surface area contributed by atoms with E-state index in [0.29, 0.717) is 6.54 Å². The molecule has 1 rings (SSSR count). The molecular weight excluding hydrogens is 148 g/mol. The SMILES string of the molecule is [CH2]Cc1ccccc1NCCN. The van der Waals surface area contributed by atoms with E-state index in [-0.39, 0.29) is 0 Å². The van der Waals surface area contributed by atoms with Crippen molar-refractivity contribution in [2.24, 2.45) is 5.73 Å².